The summed E-state index contributed by atoms with van der Waals surface area (Å²) in [6.45, 7) is 1.94. The molecule has 1 saturated heterocycles. The first-order valence-corrected chi connectivity index (χ1v) is 8.46. The second-order valence-corrected chi connectivity index (χ2v) is 6.39. The molecule has 2 aliphatic rings. The van der Waals surface area contributed by atoms with E-state index in [4.69, 9.17) is 4.74 Å². The second-order valence-electron chi connectivity index (χ2n) is 6.39. The molecular formula is C19H23NO4. The summed E-state index contributed by atoms with van der Waals surface area (Å²) < 4.78 is 5.43. The van der Waals surface area contributed by atoms with E-state index in [1.54, 1.807) is 4.90 Å². The SMILES string of the molecule is O=C1CCC(c2ccccc2)=C1CC(=O)N1CCOC[C@H](CO)C1. The van der Waals surface area contributed by atoms with E-state index in [-0.39, 0.29) is 30.6 Å². The molecule has 24 heavy (non-hydrogen) atoms. The van der Waals surface area contributed by atoms with Crippen molar-refractivity contribution < 1.29 is 19.4 Å². The molecule has 1 fully saturated rings. The lowest BCUT2D eigenvalue weighted by atomic mass is 9.99. The molecule has 5 heteroatoms. The van der Waals surface area contributed by atoms with Crippen LogP contribution >= 0.6 is 0 Å². The molecule has 128 valence electrons. The highest BCUT2D eigenvalue weighted by Gasteiger charge is 2.29. The molecule has 1 aliphatic carbocycles. The number of ether oxygens (including phenoxy) is 1. The van der Waals surface area contributed by atoms with Crippen LogP contribution < -0.4 is 0 Å². The maximum absolute atomic E-state index is 12.7. The van der Waals surface area contributed by atoms with Crippen molar-refractivity contribution in [3.8, 4) is 0 Å². The van der Waals surface area contributed by atoms with Crippen LogP contribution in [-0.4, -0.2) is 54.6 Å². The Balaban J connectivity index is 1.77. The Bertz CT molecular complexity index is 638. The van der Waals surface area contributed by atoms with Gasteiger partial charge in [0.1, 0.15) is 0 Å². The van der Waals surface area contributed by atoms with Gasteiger partial charge in [0.2, 0.25) is 5.91 Å². The summed E-state index contributed by atoms with van der Waals surface area (Å²) in [7, 11) is 0. The third-order valence-electron chi connectivity index (χ3n) is 4.70. The number of Topliss-reactive ketones (excluding diaryl/α,β-unsaturated/α-hetero) is 1. The Morgan fingerprint density at radius 2 is 2.04 bits per heavy atom. The molecule has 1 atom stereocenters. The fourth-order valence-corrected chi connectivity index (χ4v) is 3.35. The Morgan fingerprint density at radius 1 is 1.25 bits per heavy atom. The smallest absolute Gasteiger partial charge is 0.227 e. The number of carbonyl (C=O) groups excluding carboxylic acids is 2. The first kappa shape index (κ1) is 16.9. The van der Waals surface area contributed by atoms with Crippen LogP contribution in [-0.2, 0) is 14.3 Å². The topological polar surface area (TPSA) is 66.8 Å². The fraction of sp³-hybridized carbons (Fsp3) is 0.474. The van der Waals surface area contributed by atoms with Crippen molar-refractivity contribution in [1.82, 2.24) is 4.90 Å². The van der Waals surface area contributed by atoms with E-state index >= 15 is 0 Å². The Morgan fingerprint density at radius 3 is 2.79 bits per heavy atom. The third kappa shape index (κ3) is 3.74. The Kier molecular flexibility index (Phi) is 5.43. The molecule has 1 heterocycles. The van der Waals surface area contributed by atoms with E-state index < -0.39 is 0 Å². The maximum atomic E-state index is 12.7. The number of allylic oxidation sites excluding steroid dienone is 1. The average Bonchev–Trinajstić information content (AvgIpc) is 2.83. The van der Waals surface area contributed by atoms with Gasteiger partial charge in [-0.3, -0.25) is 9.59 Å². The van der Waals surface area contributed by atoms with Crippen molar-refractivity contribution >= 4 is 17.3 Å². The fourth-order valence-electron chi connectivity index (χ4n) is 3.35. The summed E-state index contributed by atoms with van der Waals surface area (Å²) in [5.74, 6) is -0.0390. The van der Waals surface area contributed by atoms with E-state index in [0.717, 1.165) is 11.1 Å². The molecule has 0 saturated carbocycles. The average molecular weight is 329 g/mol. The van der Waals surface area contributed by atoms with Crippen molar-refractivity contribution in [2.75, 3.05) is 32.9 Å². The van der Waals surface area contributed by atoms with Crippen LogP contribution in [0.3, 0.4) is 0 Å². The molecule has 1 N–H and O–H groups in total. The number of benzene rings is 1. The number of carbonyl (C=O) groups is 2. The minimum atomic E-state index is -0.0577. The largest absolute Gasteiger partial charge is 0.396 e. The van der Waals surface area contributed by atoms with Crippen LogP contribution in [0.4, 0.5) is 0 Å². The first-order chi connectivity index (χ1) is 11.7. The maximum Gasteiger partial charge on any atom is 0.227 e. The molecule has 0 radical (unpaired) electrons. The number of hydrogen-bond donors (Lipinski definition) is 1. The van der Waals surface area contributed by atoms with Crippen LogP contribution in [0.1, 0.15) is 24.8 Å². The standard InChI is InChI=1S/C19H23NO4/c21-12-14-11-20(8-9-24-13-14)19(23)10-17-16(6-7-18(17)22)15-4-2-1-3-5-15/h1-5,14,21H,6-13H2/t14-/m0/s1. The summed E-state index contributed by atoms with van der Waals surface area (Å²) in [6.07, 6.45) is 1.32. The van der Waals surface area contributed by atoms with Crippen LogP contribution in [0.2, 0.25) is 0 Å². The third-order valence-corrected chi connectivity index (χ3v) is 4.70. The highest BCUT2D eigenvalue weighted by Crippen LogP contribution is 2.33. The molecule has 0 aromatic heterocycles. The molecule has 1 aromatic rings. The number of hydrogen-bond acceptors (Lipinski definition) is 4. The molecule has 5 nitrogen and oxygen atoms in total. The Hall–Kier alpha value is -1.98. The van der Waals surface area contributed by atoms with Crippen molar-refractivity contribution in [1.29, 1.82) is 0 Å². The highest BCUT2D eigenvalue weighted by atomic mass is 16.5. The molecule has 1 aliphatic heterocycles. The molecular weight excluding hydrogens is 306 g/mol. The zero-order valence-electron chi connectivity index (χ0n) is 13.7. The molecule has 0 spiro atoms. The van der Waals surface area contributed by atoms with E-state index in [1.165, 1.54) is 0 Å². The molecule has 0 bridgehead atoms. The zero-order chi connectivity index (χ0) is 16.9. The van der Waals surface area contributed by atoms with Crippen molar-refractivity contribution in [2.45, 2.75) is 19.3 Å². The Labute approximate surface area is 141 Å². The van der Waals surface area contributed by atoms with Gasteiger partial charge in [-0.15, -0.1) is 0 Å². The summed E-state index contributed by atoms with van der Waals surface area (Å²) >= 11 is 0. The highest BCUT2D eigenvalue weighted by molar-refractivity contribution is 6.10. The predicted octanol–water partition coefficient (Wildman–Crippen LogP) is 1.66. The number of aliphatic hydroxyl groups excluding tert-OH is 1. The second kappa shape index (κ2) is 7.73. The number of rotatable bonds is 4. The molecule has 3 rings (SSSR count). The predicted molar refractivity (Wildman–Crippen MR) is 90.2 cm³/mol. The lowest BCUT2D eigenvalue weighted by Gasteiger charge is -2.23. The number of aliphatic hydroxyl groups is 1. The van der Waals surface area contributed by atoms with E-state index in [1.807, 2.05) is 30.3 Å². The summed E-state index contributed by atoms with van der Waals surface area (Å²) in [5, 5.41) is 9.35. The number of nitrogens with zero attached hydrogens (tertiary/aromatic N) is 1. The lowest BCUT2D eigenvalue weighted by Crippen LogP contribution is -2.37. The molecule has 1 amide bonds. The van der Waals surface area contributed by atoms with Gasteiger partial charge >= 0.3 is 0 Å². The van der Waals surface area contributed by atoms with Crippen LogP contribution in [0.15, 0.2) is 35.9 Å². The van der Waals surface area contributed by atoms with Crippen LogP contribution in [0, 0.1) is 5.92 Å². The van der Waals surface area contributed by atoms with Crippen molar-refractivity contribution in [3.05, 3.63) is 41.5 Å². The molecule has 1 aromatic carbocycles. The van der Waals surface area contributed by atoms with Gasteiger partial charge in [-0.25, -0.2) is 0 Å². The first-order valence-electron chi connectivity index (χ1n) is 8.46. The quantitative estimate of drug-likeness (QED) is 0.912. The van der Waals surface area contributed by atoms with E-state index in [2.05, 4.69) is 0 Å². The van der Waals surface area contributed by atoms with Gasteiger partial charge in [-0.05, 0) is 17.6 Å². The normalized spacial score (nSPS) is 22.0. The molecule has 0 unspecified atom stereocenters. The van der Waals surface area contributed by atoms with Crippen LogP contribution in [0.5, 0.6) is 0 Å². The van der Waals surface area contributed by atoms with Gasteiger partial charge in [-0.2, -0.15) is 0 Å². The van der Waals surface area contributed by atoms with Gasteiger partial charge in [0, 0.05) is 37.6 Å². The lowest BCUT2D eigenvalue weighted by molar-refractivity contribution is -0.131. The van der Waals surface area contributed by atoms with Gasteiger partial charge < -0.3 is 14.7 Å². The van der Waals surface area contributed by atoms with E-state index in [9.17, 15) is 14.7 Å². The zero-order valence-corrected chi connectivity index (χ0v) is 13.7. The van der Waals surface area contributed by atoms with Crippen molar-refractivity contribution in [3.63, 3.8) is 0 Å². The summed E-state index contributed by atoms with van der Waals surface area (Å²) in [6, 6.07) is 9.81. The van der Waals surface area contributed by atoms with Gasteiger partial charge in [-0.1, -0.05) is 30.3 Å². The minimum absolute atomic E-state index is 0.000667. The van der Waals surface area contributed by atoms with Gasteiger partial charge in [0.25, 0.3) is 0 Å². The van der Waals surface area contributed by atoms with Crippen molar-refractivity contribution in [2.24, 2.45) is 5.92 Å². The van der Waals surface area contributed by atoms with Gasteiger partial charge in [0.05, 0.1) is 19.6 Å². The van der Waals surface area contributed by atoms with Gasteiger partial charge in [0.15, 0.2) is 5.78 Å². The monoisotopic (exact) mass is 329 g/mol. The van der Waals surface area contributed by atoms with E-state index in [0.29, 0.717) is 44.7 Å². The van der Waals surface area contributed by atoms with Crippen LogP contribution in [0.25, 0.3) is 5.57 Å². The number of amides is 1. The minimum Gasteiger partial charge on any atom is -0.396 e. The summed E-state index contributed by atoms with van der Waals surface area (Å²) in [4.78, 5) is 26.7. The number of ketones is 1. The summed E-state index contributed by atoms with van der Waals surface area (Å²) in [5.41, 5.74) is 2.68.